The third-order valence-electron chi connectivity index (χ3n) is 2.99. The summed E-state index contributed by atoms with van der Waals surface area (Å²) in [6.07, 6.45) is 0. The van der Waals surface area contributed by atoms with Gasteiger partial charge in [-0.15, -0.1) is 0 Å². The number of hydrogen-bond acceptors (Lipinski definition) is 1. The molecular formula is C12H17N. The molecule has 1 fully saturated rings. The Hall–Kier alpha value is -0.820. The Morgan fingerprint density at radius 2 is 2.15 bits per heavy atom. The molecule has 0 amide bonds. The molecular weight excluding hydrogens is 158 g/mol. The van der Waals surface area contributed by atoms with Gasteiger partial charge in [-0.1, -0.05) is 36.8 Å². The summed E-state index contributed by atoms with van der Waals surface area (Å²) in [5, 5.41) is 3.44. The Morgan fingerprint density at radius 3 is 2.77 bits per heavy atom. The number of benzene rings is 1. The third-order valence-corrected chi connectivity index (χ3v) is 2.99. The van der Waals surface area contributed by atoms with Gasteiger partial charge in [0.2, 0.25) is 0 Å². The highest BCUT2D eigenvalue weighted by atomic mass is 14.9. The number of aryl methyl sites for hydroxylation is 1. The van der Waals surface area contributed by atoms with E-state index in [1.165, 1.54) is 17.7 Å². The standard InChI is InChI=1S/C12H17N/c1-9-4-3-5-11(6-9)12-8-13-7-10(12)2/h3-6,10,12-13H,7-8H2,1-2H3. The second-order valence-electron chi connectivity index (χ2n) is 4.16. The lowest BCUT2D eigenvalue weighted by Crippen LogP contribution is -2.08. The van der Waals surface area contributed by atoms with Crippen LogP contribution in [0.1, 0.15) is 24.0 Å². The Balaban J connectivity index is 2.24. The Labute approximate surface area is 80.2 Å². The van der Waals surface area contributed by atoms with Crippen molar-refractivity contribution in [1.82, 2.24) is 5.32 Å². The smallest absolute Gasteiger partial charge is 0.00233 e. The van der Waals surface area contributed by atoms with Crippen LogP contribution in [0.3, 0.4) is 0 Å². The van der Waals surface area contributed by atoms with Gasteiger partial charge in [-0.05, 0) is 24.9 Å². The van der Waals surface area contributed by atoms with Crippen LogP contribution in [0, 0.1) is 12.8 Å². The van der Waals surface area contributed by atoms with E-state index >= 15 is 0 Å². The quantitative estimate of drug-likeness (QED) is 0.690. The molecule has 70 valence electrons. The van der Waals surface area contributed by atoms with Crippen LogP contribution in [0.2, 0.25) is 0 Å². The summed E-state index contributed by atoms with van der Waals surface area (Å²) in [5.74, 6) is 1.50. The van der Waals surface area contributed by atoms with E-state index in [2.05, 4.69) is 43.4 Å². The first-order chi connectivity index (χ1) is 6.27. The molecule has 13 heavy (non-hydrogen) atoms. The van der Waals surface area contributed by atoms with Crippen molar-refractivity contribution < 1.29 is 0 Å². The van der Waals surface area contributed by atoms with E-state index in [1.54, 1.807) is 0 Å². The highest BCUT2D eigenvalue weighted by Crippen LogP contribution is 2.27. The molecule has 2 atom stereocenters. The molecule has 1 aromatic rings. The van der Waals surface area contributed by atoms with E-state index in [0.29, 0.717) is 0 Å². The van der Waals surface area contributed by atoms with Crippen LogP contribution in [0.4, 0.5) is 0 Å². The molecule has 2 rings (SSSR count). The maximum Gasteiger partial charge on any atom is 0.00233 e. The Bertz CT molecular complexity index is 293. The maximum atomic E-state index is 3.44. The molecule has 0 aromatic heterocycles. The number of rotatable bonds is 1. The van der Waals surface area contributed by atoms with Gasteiger partial charge < -0.3 is 5.32 Å². The van der Waals surface area contributed by atoms with E-state index < -0.39 is 0 Å². The highest BCUT2D eigenvalue weighted by molar-refractivity contribution is 5.27. The lowest BCUT2D eigenvalue weighted by molar-refractivity contribution is 0.572. The van der Waals surface area contributed by atoms with Crippen molar-refractivity contribution >= 4 is 0 Å². The molecule has 1 aromatic carbocycles. The van der Waals surface area contributed by atoms with Crippen molar-refractivity contribution in [3.8, 4) is 0 Å². The van der Waals surface area contributed by atoms with E-state index in [0.717, 1.165) is 18.4 Å². The van der Waals surface area contributed by atoms with Crippen molar-refractivity contribution in [2.45, 2.75) is 19.8 Å². The molecule has 0 bridgehead atoms. The molecule has 0 radical (unpaired) electrons. The molecule has 1 N–H and O–H groups in total. The second kappa shape index (κ2) is 3.51. The minimum absolute atomic E-state index is 0.722. The summed E-state index contributed by atoms with van der Waals surface area (Å²) < 4.78 is 0. The average Bonchev–Trinajstić information content (AvgIpc) is 2.51. The van der Waals surface area contributed by atoms with Gasteiger partial charge in [0.25, 0.3) is 0 Å². The van der Waals surface area contributed by atoms with Gasteiger partial charge in [0.15, 0.2) is 0 Å². The predicted octanol–water partition coefficient (Wildman–Crippen LogP) is 2.32. The van der Waals surface area contributed by atoms with Gasteiger partial charge in [-0.2, -0.15) is 0 Å². The first kappa shape index (κ1) is 8.76. The van der Waals surface area contributed by atoms with Crippen molar-refractivity contribution in [1.29, 1.82) is 0 Å². The minimum atomic E-state index is 0.722. The molecule has 0 aliphatic carbocycles. The van der Waals surface area contributed by atoms with Crippen molar-refractivity contribution in [3.05, 3.63) is 35.4 Å². The van der Waals surface area contributed by atoms with Crippen LogP contribution in [0.5, 0.6) is 0 Å². The topological polar surface area (TPSA) is 12.0 Å². The maximum absolute atomic E-state index is 3.44. The van der Waals surface area contributed by atoms with Crippen LogP contribution in [0.25, 0.3) is 0 Å². The van der Waals surface area contributed by atoms with Gasteiger partial charge >= 0.3 is 0 Å². The van der Waals surface area contributed by atoms with Crippen LogP contribution >= 0.6 is 0 Å². The van der Waals surface area contributed by atoms with E-state index in [9.17, 15) is 0 Å². The van der Waals surface area contributed by atoms with E-state index in [-0.39, 0.29) is 0 Å². The normalized spacial score (nSPS) is 27.8. The van der Waals surface area contributed by atoms with E-state index in [1.807, 2.05) is 0 Å². The zero-order valence-electron chi connectivity index (χ0n) is 8.38. The fraction of sp³-hybridized carbons (Fsp3) is 0.500. The first-order valence-corrected chi connectivity index (χ1v) is 5.04. The molecule has 1 saturated heterocycles. The highest BCUT2D eigenvalue weighted by Gasteiger charge is 2.24. The summed E-state index contributed by atoms with van der Waals surface area (Å²) in [6.45, 7) is 6.80. The van der Waals surface area contributed by atoms with E-state index in [4.69, 9.17) is 0 Å². The number of nitrogens with one attached hydrogen (secondary N) is 1. The first-order valence-electron chi connectivity index (χ1n) is 5.04. The average molecular weight is 175 g/mol. The van der Waals surface area contributed by atoms with Gasteiger partial charge in [-0.25, -0.2) is 0 Å². The molecule has 1 aliphatic rings. The molecule has 0 saturated carbocycles. The fourth-order valence-electron chi connectivity index (χ4n) is 2.16. The van der Waals surface area contributed by atoms with Gasteiger partial charge in [0, 0.05) is 12.5 Å². The van der Waals surface area contributed by atoms with Crippen LogP contribution in [-0.4, -0.2) is 13.1 Å². The summed E-state index contributed by atoms with van der Waals surface area (Å²) in [5.41, 5.74) is 2.87. The molecule has 2 unspecified atom stereocenters. The zero-order valence-corrected chi connectivity index (χ0v) is 8.38. The van der Waals surface area contributed by atoms with Crippen molar-refractivity contribution in [2.24, 2.45) is 5.92 Å². The van der Waals surface area contributed by atoms with Crippen LogP contribution < -0.4 is 5.32 Å². The largest absolute Gasteiger partial charge is 0.316 e. The molecule has 0 spiro atoms. The SMILES string of the molecule is Cc1cccc(C2CNCC2C)c1. The Kier molecular flexibility index (Phi) is 2.36. The summed E-state index contributed by atoms with van der Waals surface area (Å²) >= 11 is 0. The van der Waals surface area contributed by atoms with Crippen LogP contribution in [0.15, 0.2) is 24.3 Å². The van der Waals surface area contributed by atoms with Gasteiger partial charge in [0.1, 0.15) is 0 Å². The van der Waals surface area contributed by atoms with Gasteiger partial charge in [0.05, 0.1) is 0 Å². The minimum Gasteiger partial charge on any atom is -0.316 e. The number of hydrogen-bond donors (Lipinski definition) is 1. The molecule has 1 heterocycles. The van der Waals surface area contributed by atoms with Crippen LogP contribution in [-0.2, 0) is 0 Å². The Morgan fingerprint density at radius 1 is 1.31 bits per heavy atom. The molecule has 1 aliphatic heterocycles. The fourth-order valence-corrected chi connectivity index (χ4v) is 2.16. The molecule has 1 nitrogen and oxygen atoms in total. The lowest BCUT2D eigenvalue weighted by atomic mass is 9.90. The lowest BCUT2D eigenvalue weighted by Gasteiger charge is -2.14. The predicted molar refractivity (Wildman–Crippen MR) is 56.0 cm³/mol. The van der Waals surface area contributed by atoms with Crippen molar-refractivity contribution in [3.63, 3.8) is 0 Å². The van der Waals surface area contributed by atoms with Crippen molar-refractivity contribution in [2.75, 3.05) is 13.1 Å². The molecule has 1 heteroatoms. The zero-order chi connectivity index (χ0) is 9.26. The summed E-state index contributed by atoms with van der Waals surface area (Å²) in [7, 11) is 0. The van der Waals surface area contributed by atoms with Gasteiger partial charge in [-0.3, -0.25) is 0 Å². The second-order valence-corrected chi connectivity index (χ2v) is 4.16. The monoisotopic (exact) mass is 175 g/mol. The summed E-state index contributed by atoms with van der Waals surface area (Å²) in [6, 6.07) is 8.89. The third kappa shape index (κ3) is 1.75. The summed E-state index contributed by atoms with van der Waals surface area (Å²) in [4.78, 5) is 0.